The first-order valence-corrected chi connectivity index (χ1v) is 8.76. The van der Waals surface area contributed by atoms with Crippen molar-refractivity contribution in [3.63, 3.8) is 0 Å². The van der Waals surface area contributed by atoms with Gasteiger partial charge in [0.05, 0.1) is 27.0 Å². The summed E-state index contributed by atoms with van der Waals surface area (Å²) in [7, 11) is 4.57. The Hall–Kier alpha value is -3.67. The van der Waals surface area contributed by atoms with E-state index in [0.717, 1.165) is 22.2 Å². The number of methoxy groups -OCH3 is 3. The van der Waals surface area contributed by atoms with Gasteiger partial charge in [0.2, 0.25) is 11.5 Å². The fourth-order valence-electron chi connectivity index (χ4n) is 3.28. The van der Waals surface area contributed by atoms with Gasteiger partial charge in [-0.3, -0.25) is 4.79 Å². The van der Waals surface area contributed by atoms with Gasteiger partial charge in [-0.05, 0) is 30.3 Å². The number of aromatic nitrogens is 2. The fraction of sp³-hybridized carbons (Fsp3) is 0.136. The first-order chi connectivity index (χ1) is 13.6. The summed E-state index contributed by atoms with van der Waals surface area (Å²) >= 11 is 0. The number of hydrogen-bond acceptors (Lipinski definition) is 4. The minimum absolute atomic E-state index is 0.165. The Morgan fingerprint density at radius 3 is 2.25 bits per heavy atom. The molecule has 2 aromatic carbocycles. The lowest BCUT2D eigenvalue weighted by atomic mass is 10.1. The third-order valence-corrected chi connectivity index (χ3v) is 4.70. The standard InChI is InChI=1S/C22H20N2O4/c1-26-19-10-14(11-20(27-2)22(19)28-3)21(25)18-9-15(12-23-18)17-8-13-6-4-5-7-16(13)24-17/h4-12,23-24H,1-3H3. The van der Waals surface area contributed by atoms with Crippen LogP contribution in [-0.2, 0) is 0 Å². The van der Waals surface area contributed by atoms with E-state index >= 15 is 0 Å². The normalized spacial score (nSPS) is 10.8. The first kappa shape index (κ1) is 17.7. The van der Waals surface area contributed by atoms with Crippen LogP contribution in [0.2, 0.25) is 0 Å². The van der Waals surface area contributed by atoms with Crippen LogP contribution in [0.1, 0.15) is 16.1 Å². The molecule has 6 nitrogen and oxygen atoms in total. The molecule has 0 saturated carbocycles. The number of ether oxygens (including phenoxy) is 3. The van der Waals surface area contributed by atoms with Crippen LogP contribution in [0.25, 0.3) is 22.2 Å². The first-order valence-electron chi connectivity index (χ1n) is 8.76. The van der Waals surface area contributed by atoms with Gasteiger partial charge in [0.1, 0.15) is 0 Å². The summed E-state index contributed by atoms with van der Waals surface area (Å²) < 4.78 is 16.0. The highest BCUT2D eigenvalue weighted by Gasteiger charge is 2.19. The Labute approximate surface area is 162 Å². The van der Waals surface area contributed by atoms with E-state index in [2.05, 4.69) is 16.0 Å². The maximum Gasteiger partial charge on any atom is 0.209 e. The van der Waals surface area contributed by atoms with Crippen molar-refractivity contribution in [2.75, 3.05) is 21.3 Å². The van der Waals surface area contributed by atoms with Gasteiger partial charge >= 0.3 is 0 Å². The minimum Gasteiger partial charge on any atom is -0.493 e. The van der Waals surface area contributed by atoms with Gasteiger partial charge in [-0.15, -0.1) is 0 Å². The summed E-state index contributed by atoms with van der Waals surface area (Å²) in [6, 6.07) is 15.2. The van der Waals surface area contributed by atoms with E-state index < -0.39 is 0 Å². The van der Waals surface area contributed by atoms with Crippen LogP contribution in [-0.4, -0.2) is 37.1 Å². The molecule has 0 radical (unpaired) electrons. The predicted octanol–water partition coefficient (Wildman–Crippen LogP) is 4.42. The molecule has 0 aliphatic rings. The van der Waals surface area contributed by atoms with Crippen LogP contribution in [0.15, 0.2) is 54.7 Å². The van der Waals surface area contributed by atoms with Crippen LogP contribution < -0.4 is 14.2 Å². The van der Waals surface area contributed by atoms with Gasteiger partial charge < -0.3 is 24.2 Å². The molecular weight excluding hydrogens is 356 g/mol. The molecule has 0 atom stereocenters. The van der Waals surface area contributed by atoms with Crippen molar-refractivity contribution in [3.05, 3.63) is 66.0 Å². The highest BCUT2D eigenvalue weighted by Crippen LogP contribution is 2.38. The number of fused-ring (bicyclic) bond motifs is 1. The van der Waals surface area contributed by atoms with Crippen LogP contribution in [0.3, 0.4) is 0 Å². The molecule has 0 fully saturated rings. The lowest BCUT2D eigenvalue weighted by molar-refractivity contribution is 0.103. The zero-order valence-electron chi connectivity index (χ0n) is 15.8. The highest BCUT2D eigenvalue weighted by molar-refractivity contribution is 6.09. The minimum atomic E-state index is -0.165. The van der Waals surface area contributed by atoms with Crippen LogP contribution in [0, 0.1) is 0 Å². The van der Waals surface area contributed by atoms with E-state index in [4.69, 9.17) is 14.2 Å². The molecular formula is C22H20N2O4. The Morgan fingerprint density at radius 1 is 0.893 bits per heavy atom. The molecule has 0 aliphatic heterocycles. The Kier molecular flexibility index (Phi) is 4.53. The zero-order valence-corrected chi connectivity index (χ0v) is 15.8. The molecule has 4 aromatic rings. The molecule has 0 spiro atoms. The van der Waals surface area contributed by atoms with E-state index in [9.17, 15) is 4.79 Å². The molecule has 28 heavy (non-hydrogen) atoms. The van der Waals surface area contributed by atoms with Crippen molar-refractivity contribution in [1.82, 2.24) is 9.97 Å². The lowest BCUT2D eigenvalue weighted by Crippen LogP contribution is -2.04. The molecule has 0 saturated heterocycles. The second-order valence-corrected chi connectivity index (χ2v) is 6.32. The van der Waals surface area contributed by atoms with E-state index in [1.54, 1.807) is 12.1 Å². The number of carbonyl (C=O) groups is 1. The molecule has 0 bridgehead atoms. The number of hydrogen-bond donors (Lipinski definition) is 2. The second-order valence-electron chi connectivity index (χ2n) is 6.32. The molecule has 0 amide bonds. The third kappa shape index (κ3) is 2.99. The molecule has 0 unspecified atom stereocenters. The van der Waals surface area contributed by atoms with Crippen molar-refractivity contribution in [2.24, 2.45) is 0 Å². The summed E-state index contributed by atoms with van der Waals surface area (Å²) in [6.45, 7) is 0. The summed E-state index contributed by atoms with van der Waals surface area (Å²) in [5.74, 6) is 1.16. The van der Waals surface area contributed by atoms with Crippen molar-refractivity contribution in [1.29, 1.82) is 0 Å². The SMILES string of the molecule is COc1cc(C(=O)c2cc(-c3cc4ccccc4[nH]3)c[nH]2)cc(OC)c1OC. The topological polar surface area (TPSA) is 76.3 Å². The summed E-state index contributed by atoms with van der Waals surface area (Å²) in [5, 5.41) is 1.12. The Balaban J connectivity index is 1.69. The van der Waals surface area contributed by atoms with Gasteiger partial charge in [0.15, 0.2) is 11.5 Å². The van der Waals surface area contributed by atoms with E-state index in [1.165, 1.54) is 21.3 Å². The molecule has 142 valence electrons. The van der Waals surface area contributed by atoms with Crippen LogP contribution in [0.4, 0.5) is 0 Å². The average molecular weight is 376 g/mol. The van der Waals surface area contributed by atoms with Gasteiger partial charge in [-0.1, -0.05) is 18.2 Å². The van der Waals surface area contributed by atoms with E-state index in [1.807, 2.05) is 36.5 Å². The molecule has 2 N–H and O–H groups in total. The maximum atomic E-state index is 13.0. The summed E-state index contributed by atoms with van der Waals surface area (Å²) in [5.41, 5.74) is 3.83. The Bertz CT molecular complexity index is 1100. The third-order valence-electron chi connectivity index (χ3n) is 4.70. The van der Waals surface area contributed by atoms with Gasteiger partial charge in [-0.2, -0.15) is 0 Å². The number of H-pyrrole nitrogens is 2. The van der Waals surface area contributed by atoms with Crippen LogP contribution >= 0.6 is 0 Å². The Morgan fingerprint density at radius 2 is 1.61 bits per heavy atom. The van der Waals surface area contributed by atoms with E-state index in [0.29, 0.717) is 28.5 Å². The number of benzene rings is 2. The fourth-order valence-corrected chi connectivity index (χ4v) is 3.28. The second kappa shape index (κ2) is 7.15. The summed E-state index contributed by atoms with van der Waals surface area (Å²) in [6.07, 6.45) is 1.82. The van der Waals surface area contributed by atoms with Crippen LogP contribution in [0.5, 0.6) is 17.2 Å². The van der Waals surface area contributed by atoms with Gasteiger partial charge in [0, 0.05) is 33.9 Å². The lowest BCUT2D eigenvalue weighted by Gasteiger charge is -2.13. The van der Waals surface area contributed by atoms with Gasteiger partial charge in [-0.25, -0.2) is 0 Å². The largest absolute Gasteiger partial charge is 0.493 e. The molecule has 2 heterocycles. The van der Waals surface area contributed by atoms with Crippen molar-refractivity contribution < 1.29 is 19.0 Å². The van der Waals surface area contributed by atoms with Gasteiger partial charge in [0.25, 0.3) is 0 Å². The number of carbonyl (C=O) groups excluding carboxylic acids is 1. The molecule has 6 heteroatoms. The predicted molar refractivity (Wildman–Crippen MR) is 108 cm³/mol. The number of rotatable bonds is 6. The summed E-state index contributed by atoms with van der Waals surface area (Å²) in [4.78, 5) is 19.4. The molecule has 0 aliphatic carbocycles. The number of nitrogens with one attached hydrogen (secondary N) is 2. The van der Waals surface area contributed by atoms with Crippen molar-refractivity contribution in [2.45, 2.75) is 0 Å². The monoisotopic (exact) mass is 376 g/mol. The van der Waals surface area contributed by atoms with Crippen molar-refractivity contribution >= 4 is 16.7 Å². The zero-order chi connectivity index (χ0) is 19.7. The maximum absolute atomic E-state index is 13.0. The van der Waals surface area contributed by atoms with Crippen molar-refractivity contribution in [3.8, 4) is 28.5 Å². The average Bonchev–Trinajstić information content (AvgIpc) is 3.38. The smallest absolute Gasteiger partial charge is 0.209 e. The molecule has 4 rings (SSSR count). The van der Waals surface area contributed by atoms with E-state index in [-0.39, 0.29) is 5.78 Å². The molecule has 2 aromatic heterocycles. The number of aromatic amines is 2. The number of ketones is 1. The number of para-hydroxylation sites is 1. The quantitative estimate of drug-likeness (QED) is 0.489. The highest BCUT2D eigenvalue weighted by atomic mass is 16.5.